The Morgan fingerprint density at radius 1 is 1.36 bits per heavy atom. The lowest BCUT2D eigenvalue weighted by molar-refractivity contribution is -0.132. The topological polar surface area (TPSA) is 65.2 Å². The van der Waals surface area contributed by atoms with Gasteiger partial charge < -0.3 is 9.15 Å². The van der Waals surface area contributed by atoms with Crippen LogP contribution in [-0.2, 0) is 4.79 Å². The molecule has 0 aliphatic carbocycles. The van der Waals surface area contributed by atoms with Gasteiger partial charge in [0.1, 0.15) is 0 Å². The second-order valence-corrected chi connectivity index (χ2v) is 5.81. The van der Waals surface area contributed by atoms with Gasteiger partial charge in [-0.2, -0.15) is 4.98 Å². The Balaban J connectivity index is 0.00000176. The van der Waals surface area contributed by atoms with Crippen LogP contribution in [0.25, 0.3) is 22.1 Å². The summed E-state index contributed by atoms with van der Waals surface area (Å²) in [6.45, 7) is 1.31. The van der Waals surface area contributed by atoms with Gasteiger partial charge in [-0.1, -0.05) is 11.6 Å². The van der Waals surface area contributed by atoms with Crippen molar-refractivity contribution in [2.75, 3.05) is 0 Å². The van der Waals surface area contributed by atoms with Crippen molar-refractivity contribution in [3.8, 4) is 28.0 Å². The number of aromatic nitrogens is 2. The predicted molar refractivity (Wildman–Crippen MR) is 86.6 cm³/mol. The molecule has 0 fully saturated rings. The first kappa shape index (κ1) is 16.5. The van der Waals surface area contributed by atoms with Gasteiger partial charge in [-0.3, -0.25) is 9.78 Å². The summed E-state index contributed by atoms with van der Waals surface area (Å²) in [5.74, 6) is 0.360. The van der Waals surface area contributed by atoms with Crippen molar-refractivity contribution in [2.45, 2.75) is 6.92 Å². The minimum Gasteiger partial charge on any atom is -0.431 e. The molecule has 0 unspecified atom stereocenters. The molecule has 0 N–H and O–H groups in total. The molecule has 0 aliphatic rings. The number of ether oxygens (including phenoxy) is 1. The standard InChI is InChI=1S/C14H9ClN2O3S.ClH/c1-8(18)19-14-12(9-3-2-6-16-7-9)20-13(17-14)10-4-5-11(15)21-10;/h2-7H,1H3;1H. The van der Waals surface area contributed by atoms with Crippen LogP contribution in [0.15, 0.2) is 41.1 Å². The first-order valence-electron chi connectivity index (χ1n) is 5.99. The van der Waals surface area contributed by atoms with Gasteiger partial charge in [-0.15, -0.1) is 23.7 Å². The van der Waals surface area contributed by atoms with Crippen molar-refractivity contribution >= 4 is 41.3 Å². The second kappa shape index (κ2) is 6.91. The van der Waals surface area contributed by atoms with E-state index in [-0.39, 0.29) is 18.3 Å². The summed E-state index contributed by atoms with van der Waals surface area (Å²) >= 11 is 7.24. The fourth-order valence-corrected chi connectivity index (χ4v) is 2.69. The Kier molecular flexibility index (Phi) is 5.18. The van der Waals surface area contributed by atoms with Crippen LogP contribution >= 0.6 is 35.3 Å². The lowest BCUT2D eigenvalue weighted by Gasteiger charge is -1.99. The molecule has 3 rings (SSSR count). The number of thiophene rings is 1. The van der Waals surface area contributed by atoms with Crippen LogP contribution in [0, 0.1) is 0 Å². The average Bonchev–Trinajstić information content (AvgIpc) is 3.06. The first-order chi connectivity index (χ1) is 10.1. The van der Waals surface area contributed by atoms with Crippen molar-refractivity contribution in [1.82, 2.24) is 9.97 Å². The van der Waals surface area contributed by atoms with Crippen LogP contribution in [0.4, 0.5) is 0 Å². The molecule has 0 saturated heterocycles. The van der Waals surface area contributed by atoms with E-state index in [0.717, 1.165) is 4.88 Å². The normalized spacial score (nSPS) is 10.1. The number of pyridine rings is 1. The maximum atomic E-state index is 11.2. The molecule has 0 atom stereocenters. The van der Waals surface area contributed by atoms with Gasteiger partial charge in [0.15, 0.2) is 0 Å². The third-order valence-electron chi connectivity index (χ3n) is 2.54. The molecule has 3 aromatic rings. The Hall–Kier alpha value is -1.89. The minimum atomic E-state index is -0.468. The third-order valence-corrected chi connectivity index (χ3v) is 3.76. The van der Waals surface area contributed by atoms with Crippen LogP contribution in [0.1, 0.15) is 6.92 Å². The molecule has 5 nitrogen and oxygen atoms in total. The summed E-state index contributed by atoms with van der Waals surface area (Å²) in [5.41, 5.74) is 0.676. The Bertz CT molecular complexity index is 786. The van der Waals surface area contributed by atoms with Crippen molar-refractivity contribution in [1.29, 1.82) is 0 Å². The molecule has 22 heavy (non-hydrogen) atoms. The first-order valence-corrected chi connectivity index (χ1v) is 7.18. The molecule has 0 aliphatic heterocycles. The highest BCUT2D eigenvalue weighted by molar-refractivity contribution is 7.19. The van der Waals surface area contributed by atoms with Crippen LogP contribution in [0.2, 0.25) is 4.34 Å². The van der Waals surface area contributed by atoms with Gasteiger partial charge in [0.25, 0.3) is 5.88 Å². The molecule has 0 spiro atoms. The van der Waals surface area contributed by atoms with E-state index in [1.54, 1.807) is 36.7 Å². The van der Waals surface area contributed by atoms with Crippen LogP contribution < -0.4 is 4.74 Å². The third kappa shape index (κ3) is 3.47. The molecule has 8 heteroatoms. The van der Waals surface area contributed by atoms with Gasteiger partial charge in [0.05, 0.1) is 9.21 Å². The Morgan fingerprint density at radius 2 is 2.18 bits per heavy atom. The number of oxazole rings is 1. The van der Waals surface area contributed by atoms with Crippen molar-refractivity contribution in [2.24, 2.45) is 0 Å². The smallest absolute Gasteiger partial charge is 0.309 e. The van der Waals surface area contributed by atoms with E-state index in [0.29, 0.717) is 21.6 Å². The van der Waals surface area contributed by atoms with Crippen LogP contribution in [-0.4, -0.2) is 15.9 Å². The molecule has 3 heterocycles. The summed E-state index contributed by atoms with van der Waals surface area (Å²) < 4.78 is 11.5. The van der Waals surface area contributed by atoms with Crippen LogP contribution in [0.5, 0.6) is 5.88 Å². The minimum absolute atomic E-state index is 0. The second-order valence-electron chi connectivity index (χ2n) is 4.09. The fourth-order valence-electron chi connectivity index (χ4n) is 1.73. The van der Waals surface area contributed by atoms with E-state index in [1.165, 1.54) is 18.3 Å². The number of esters is 1. The SMILES string of the molecule is CC(=O)Oc1nc(-c2ccc(Cl)s2)oc1-c1cccnc1.Cl. The van der Waals surface area contributed by atoms with Crippen molar-refractivity contribution in [3.05, 3.63) is 41.0 Å². The highest BCUT2D eigenvalue weighted by Gasteiger charge is 2.20. The van der Waals surface area contributed by atoms with E-state index in [2.05, 4.69) is 9.97 Å². The number of carbonyl (C=O) groups is 1. The molecular formula is C14H10Cl2N2O3S. The zero-order valence-corrected chi connectivity index (χ0v) is 13.7. The summed E-state index contributed by atoms with van der Waals surface area (Å²) in [4.78, 5) is 20.2. The van der Waals surface area contributed by atoms with Gasteiger partial charge >= 0.3 is 5.97 Å². The van der Waals surface area contributed by atoms with Crippen molar-refractivity contribution < 1.29 is 13.9 Å². The number of nitrogens with zero attached hydrogens (tertiary/aromatic N) is 2. The van der Waals surface area contributed by atoms with Gasteiger partial charge in [0.2, 0.25) is 11.7 Å². The number of rotatable bonds is 3. The predicted octanol–water partition coefficient (Wildman–Crippen LogP) is 4.47. The molecule has 0 saturated carbocycles. The van der Waals surface area contributed by atoms with E-state index in [1.807, 2.05) is 0 Å². The largest absolute Gasteiger partial charge is 0.431 e. The molecule has 0 aromatic carbocycles. The highest BCUT2D eigenvalue weighted by Crippen LogP contribution is 2.37. The fraction of sp³-hybridized carbons (Fsp3) is 0.0714. The quantitative estimate of drug-likeness (QED) is 0.648. The number of hydrogen-bond donors (Lipinski definition) is 0. The summed E-state index contributed by atoms with van der Waals surface area (Å²) in [6, 6.07) is 7.10. The van der Waals surface area contributed by atoms with E-state index in [4.69, 9.17) is 20.8 Å². The lowest BCUT2D eigenvalue weighted by Crippen LogP contribution is -2.02. The average molecular weight is 357 g/mol. The molecule has 114 valence electrons. The molecule has 3 aromatic heterocycles. The van der Waals surface area contributed by atoms with Gasteiger partial charge in [0, 0.05) is 24.9 Å². The Morgan fingerprint density at radius 3 is 2.77 bits per heavy atom. The molecular weight excluding hydrogens is 347 g/mol. The van der Waals surface area contributed by atoms with Crippen LogP contribution in [0.3, 0.4) is 0 Å². The van der Waals surface area contributed by atoms with Gasteiger partial charge in [-0.25, -0.2) is 0 Å². The maximum absolute atomic E-state index is 11.2. The molecule has 0 radical (unpaired) electrons. The van der Waals surface area contributed by atoms with E-state index < -0.39 is 5.97 Å². The number of hydrogen-bond acceptors (Lipinski definition) is 6. The summed E-state index contributed by atoms with van der Waals surface area (Å²) in [6.07, 6.45) is 3.25. The number of halogens is 2. The Labute approximate surface area is 141 Å². The number of carbonyl (C=O) groups excluding carboxylic acids is 1. The van der Waals surface area contributed by atoms with Crippen molar-refractivity contribution in [3.63, 3.8) is 0 Å². The molecule has 0 bridgehead atoms. The zero-order valence-electron chi connectivity index (χ0n) is 11.3. The monoisotopic (exact) mass is 356 g/mol. The molecule has 0 amide bonds. The highest BCUT2D eigenvalue weighted by atomic mass is 35.5. The summed E-state index contributed by atoms with van der Waals surface area (Å²) in [7, 11) is 0. The maximum Gasteiger partial charge on any atom is 0.309 e. The van der Waals surface area contributed by atoms with E-state index >= 15 is 0 Å². The van der Waals surface area contributed by atoms with E-state index in [9.17, 15) is 4.79 Å². The lowest BCUT2D eigenvalue weighted by atomic mass is 10.2. The van der Waals surface area contributed by atoms with Gasteiger partial charge in [-0.05, 0) is 24.3 Å². The summed E-state index contributed by atoms with van der Waals surface area (Å²) in [5, 5.41) is 0. The zero-order chi connectivity index (χ0) is 14.8.